The van der Waals surface area contributed by atoms with Gasteiger partial charge in [-0.1, -0.05) is 18.2 Å². The Morgan fingerprint density at radius 2 is 2.28 bits per heavy atom. The van der Waals surface area contributed by atoms with Crippen LogP contribution < -0.4 is 0 Å². The molecule has 0 aromatic heterocycles. The van der Waals surface area contributed by atoms with Crippen LogP contribution in [0.2, 0.25) is 0 Å². The number of thioether (sulfide) groups is 1. The fourth-order valence-corrected chi connectivity index (χ4v) is 3.82. The van der Waals surface area contributed by atoms with Gasteiger partial charge in [-0.2, -0.15) is 0 Å². The Bertz CT molecular complexity index is 438. The van der Waals surface area contributed by atoms with Crippen LogP contribution in [0.5, 0.6) is 0 Å². The first-order chi connectivity index (χ1) is 8.75. The number of amides is 1. The summed E-state index contributed by atoms with van der Waals surface area (Å²) >= 11 is 1.71. The molecule has 0 spiro atoms. The summed E-state index contributed by atoms with van der Waals surface area (Å²) in [5, 5.41) is 0.0583. The van der Waals surface area contributed by atoms with E-state index in [2.05, 4.69) is 19.1 Å². The standard InChI is InChI=1S/C14H17NO2S/c1-10-9-17-7-6-15(10)14(16)13-8-11-4-2-3-5-12(11)18-13/h2-5,10,13H,6-9H2,1H3. The van der Waals surface area contributed by atoms with Crippen molar-refractivity contribution >= 4 is 17.7 Å². The summed E-state index contributed by atoms with van der Waals surface area (Å²) in [7, 11) is 0. The predicted molar refractivity (Wildman–Crippen MR) is 71.8 cm³/mol. The molecule has 18 heavy (non-hydrogen) atoms. The highest BCUT2D eigenvalue weighted by atomic mass is 32.2. The van der Waals surface area contributed by atoms with Gasteiger partial charge in [-0.05, 0) is 25.0 Å². The van der Waals surface area contributed by atoms with Crippen molar-refractivity contribution in [2.24, 2.45) is 0 Å². The first-order valence-electron chi connectivity index (χ1n) is 6.38. The summed E-state index contributed by atoms with van der Waals surface area (Å²) in [5.41, 5.74) is 1.31. The van der Waals surface area contributed by atoms with Gasteiger partial charge in [-0.3, -0.25) is 4.79 Å². The number of fused-ring (bicyclic) bond motifs is 1. The second-order valence-corrected chi connectivity index (χ2v) is 6.12. The van der Waals surface area contributed by atoms with Crippen molar-refractivity contribution in [1.29, 1.82) is 0 Å². The predicted octanol–water partition coefficient (Wildman–Crippen LogP) is 1.95. The molecular formula is C14H17NO2S. The third kappa shape index (κ3) is 2.15. The molecule has 2 heterocycles. The molecule has 3 rings (SSSR count). The topological polar surface area (TPSA) is 29.5 Å². The number of nitrogens with zero attached hydrogens (tertiary/aromatic N) is 1. The molecule has 2 atom stereocenters. The van der Waals surface area contributed by atoms with Gasteiger partial charge in [0.05, 0.1) is 24.5 Å². The summed E-state index contributed by atoms with van der Waals surface area (Å²) in [6, 6.07) is 8.52. The third-order valence-corrected chi connectivity index (χ3v) is 4.88. The Morgan fingerprint density at radius 1 is 1.44 bits per heavy atom. The summed E-state index contributed by atoms with van der Waals surface area (Å²) in [6.07, 6.45) is 0.865. The average Bonchev–Trinajstić information content (AvgIpc) is 2.82. The Morgan fingerprint density at radius 3 is 3.06 bits per heavy atom. The Labute approximate surface area is 111 Å². The maximum absolute atomic E-state index is 12.5. The fraction of sp³-hybridized carbons (Fsp3) is 0.500. The van der Waals surface area contributed by atoms with Gasteiger partial charge < -0.3 is 9.64 Å². The van der Waals surface area contributed by atoms with E-state index in [9.17, 15) is 4.79 Å². The lowest BCUT2D eigenvalue weighted by Crippen LogP contribution is -2.50. The van der Waals surface area contributed by atoms with Gasteiger partial charge in [0.2, 0.25) is 5.91 Å². The minimum absolute atomic E-state index is 0.0583. The van der Waals surface area contributed by atoms with Crippen LogP contribution in [0, 0.1) is 0 Å². The first kappa shape index (κ1) is 12.1. The Balaban J connectivity index is 1.72. The van der Waals surface area contributed by atoms with Gasteiger partial charge in [0.1, 0.15) is 0 Å². The molecule has 2 aliphatic heterocycles. The molecule has 1 aromatic rings. The van der Waals surface area contributed by atoms with Gasteiger partial charge in [0.15, 0.2) is 0 Å². The number of carbonyl (C=O) groups excluding carboxylic acids is 1. The fourth-order valence-electron chi connectivity index (χ4n) is 2.56. The molecule has 2 unspecified atom stereocenters. The minimum Gasteiger partial charge on any atom is -0.377 e. The lowest BCUT2D eigenvalue weighted by molar-refractivity contribution is -0.138. The van der Waals surface area contributed by atoms with Crippen molar-refractivity contribution in [3.8, 4) is 0 Å². The van der Waals surface area contributed by atoms with E-state index >= 15 is 0 Å². The average molecular weight is 263 g/mol. The van der Waals surface area contributed by atoms with Crippen LogP contribution in [-0.4, -0.2) is 41.9 Å². The van der Waals surface area contributed by atoms with Crippen LogP contribution in [0.25, 0.3) is 0 Å². The van der Waals surface area contributed by atoms with Crippen molar-refractivity contribution in [3.63, 3.8) is 0 Å². The number of morpholine rings is 1. The van der Waals surface area contributed by atoms with E-state index in [1.165, 1.54) is 10.5 Å². The van der Waals surface area contributed by atoms with E-state index < -0.39 is 0 Å². The SMILES string of the molecule is CC1COCCN1C(=O)C1Cc2ccccc2S1. The number of carbonyl (C=O) groups is 1. The molecule has 0 saturated carbocycles. The van der Waals surface area contributed by atoms with Crippen molar-refractivity contribution in [2.75, 3.05) is 19.8 Å². The second-order valence-electron chi connectivity index (χ2n) is 4.87. The molecular weight excluding hydrogens is 246 g/mol. The molecule has 1 saturated heterocycles. The molecule has 96 valence electrons. The highest BCUT2D eigenvalue weighted by Gasteiger charge is 2.34. The lowest BCUT2D eigenvalue weighted by Gasteiger charge is -2.34. The smallest absolute Gasteiger partial charge is 0.236 e. The molecule has 3 nitrogen and oxygen atoms in total. The maximum atomic E-state index is 12.5. The zero-order valence-corrected chi connectivity index (χ0v) is 11.3. The second kappa shape index (κ2) is 4.94. The number of benzene rings is 1. The van der Waals surface area contributed by atoms with E-state index in [-0.39, 0.29) is 17.2 Å². The summed E-state index contributed by atoms with van der Waals surface area (Å²) in [5.74, 6) is 0.270. The highest BCUT2D eigenvalue weighted by Crippen LogP contribution is 2.37. The molecule has 0 N–H and O–H groups in total. The van der Waals surface area contributed by atoms with E-state index in [0.29, 0.717) is 13.2 Å². The largest absolute Gasteiger partial charge is 0.377 e. The third-order valence-electron chi connectivity index (χ3n) is 3.57. The molecule has 4 heteroatoms. The normalized spacial score (nSPS) is 27.1. The van der Waals surface area contributed by atoms with Crippen LogP contribution >= 0.6 is 11.8 Å². The number of ether oxygens (including phenoxy) is 1. The van der Waals surface area contributed by atoms with Crippen LogP contribution in [0.4, 0.5) is 0 Å². The number of rotatable bonds is 1. The van der Waals surface area contributed by atoms with Gasteiger partial charge in [0.25, 0.3) is 0 Å². The molecule has 0 aliphatic carbocycles. The van der Waals surface area contributed by atoms with Crippen LogP contribution in [0.15, 0.2) is 29.2 Å². The van der Waals surface area contributed by atoms with E-state index in [1.807, 2.05) is 17.0 Å². The molecule has 1 aromatic carbocycles. The minimum atomic E-state index is 0.0583. The Kier molecular flexibility index (Phi) is 3.31. The number of hydrogen-bond donors (Lipinski definition) is 0. The van der Waals surface area contributed by atoms with Gasteiger partial charge in [0, 0.05) is 11.4 Å². The van der Waals surface area contributed by atoms with E-state index in [4.69, 9.17) is 4.74 Å². The molecule has 0 bridgehead atoms. The first-order valence-corrected chi connectivity index (χ1v) is 7.26. The lowest BCUT2D eigenvalue weighted by atomic mass is 10.1. The maximum Gasteiger partial charge on any atom is 0.236 e. The highest BCUT2D eigenvalue weighted by molar-refractivity contribution is 8.01. The van der Waals surface area contributed by atoms with Gasteiger partial charge in [-0.25, -0.2) is 0 Å². The van der Waals surface area contributed by atoms with Gasteiger partial charge in [-0.15, -0.1) is 11.8 Å². The van der Waals surface area contributed by atoms with Crippen LogP contribution in [0.1, 0.15) is 12.5 Å². The quantitative estimate of drug-likeness (QED) is 0.775. The zero-order chi connectivity index (χ0) is 12.5. The van der Waals surface area contributed by atoms with E-state index in [0.717, 1.165) is 13.0 Å². The molecule has 1 amide bonds. The van der Waals surface area contributed by atoms with Crippen LogP contribution in [0.3, 0.4) is 0 Å². The molecule has 2 aliphatic rings. The molecule has 0 radical (unpaired) electrons. The van der Waals surface area contributed by atoms with Crippen molar-refractivity contribution in [1.82, 2.24) is 4.90 Å². The van der Waals surface area contributed by atoms with E-state index in [1.54, 1.807) is 11.8 Å². The zero-order valence-electron chi connectivity index (χ0n) is 10.5. The van der Waals surface area contributed by atoms with Crippen molar-refractivity contribution in [3.05, 3.63) is 29.8 Å². The summed E-state index contributed by atoms with van der Waals surface area (Å²) < 4.78 is 5.39. The number of hydrogen-bond acceptors (Lipinski definition) is 3. The van der Waals surface area contributed by atoms with Crippen LogP contribution in [-0.2, 0) is 16.0 Å². The monoisotopic (exact) mass is 263 g/mol. The Hall–Kier alpha value is -1.00. The summed E-state index contributed by atoms with van der Waals surface area (Å²) in [4.78, 5) is 15.8. The molecule has 1 fully saturated rings. The summed E-state index contributed by atoms with van der Waals surface area (Å²) in [6.45, 7) is 4.12. The van der Waals surface area contributed by atoms with Crippen molar-refractivity contribution in [2.45, 2.75) is 29.5 Å². The van der Waals surface area contributed by atoms with Gasteiger partial charge >= 0.3 is 0 Å². The van der Waals surface area contributed by atoms with Crippen molar-refractivity contribution < 1.29 is 9.53 Å².